The number of halogens is 1. The Kier molecular flexibility index (Phi) is 4.00. The summed E-state index contributed by atoms with van der Waals surface area (Å²) in [5, 5.41) is 3.69. The lowest BCUT2D eigenvalue weighted by atomic mass is 9.74. The molecule has 112 valence electrons. The normalized spacial score (nSPS) is 28.0. The van der Waals surface area contributed by atoms with E-state index in [-0.39, 0.29) is 11.9 Å². The summed E-state index contributed by atoms with van der Waals surface area (Å²) in [4.78, 5) is 17.5. The van der Waals surface area contributed by atoms with Gasteiger partial charge in [-0.2, -0.15) is 0 Å². The maximum absolute atomic E-state index is 12.8. The molecule has 21 heavy (non-hydrogen) atoms. The van der Waals surface area contributed by atoms with E-state index in [0.29, 0.717) is 23.8 Å². The number of hydrogen-bond acceptors (Lipinski definition) is 4. The predicted octanol–water partition coefficient (Wildman–Crippen LogP) is 2.70. The highest BCUT2D eigenvalue weighted by Gasteiger charge is 2.51. The Morgan fingerprint density at radius 2 is 2.29 bits per heavy atom. The highest BCUT2D eigenvalue weighted by Crippen LogP contribution is 2.44. The number of Topliss-reactive ketones (excluding diaryl/α,β-unsaturated/α-hetero) is 1. The van der Waals surface area contributed by atoms with Crippen LogP contribution in [-0.4, -0.2) is 31.4 Å². The molecule has 1 N–H and O–H groups in total. The van der Waals surface area contributed by atoms with Gasteiger partial charge in [-0.1, -0.05) is 29.8 Å². The molecule has 1 fully saturated rings. The van der Waals surface area contributed by atoms with Crippen LogP contribution < -0.4 is 5.32 Å². The van der Waals surface area contributed by atoms with Crippen molar-refractivity contribution in [2.45, 2.75) is 37.3 Å². The van der Waals surface area contributed by atoms with Crippen LogP contribution in [0.2, 0.25) is 5.02 Å². The van der Waals surface area contributed by atoms with Crippen molar-refractivity contribution in [1.29, 1.82) is 0 Å². The summed E-state index contributed by atoms with van der Waals surface area (Å²) in [6.07, 6.45) is 2.71. The van der Waals surface area contributed by atoms with Gasteiger partial charge in [0.05, 0.1) is 0 Å². The molecular weight excluding hydrogens is 288 g/mol. The fourth-order valence-electron chi connectivity index (χ4n) is 3.16. The second-order valence-electron chi connectivity index (χ2n) is 5.56. The van der Waals surface area contributed by atoms with E-state index >= 15 is 0 Å². The van der Waals surface area contributed by atoms with E-state index in [1.54, 1.807) is 0 Å². The molecule has 4 nitrogen and oxygen atoms in total. The summed E-state index contributed by atoms with van der Waals surface area (Å²) in [5.74, 6) is 0.712. The van der Waals surface area contributed by atoms with Crippen LogP contribution in [0.25, 0.3) is 0 Å². The molecule has 1 aliphatic heterocycles. The summed E-state index contributed by atoms with van der Waals surface area (Å²) in [7, 11) is 1.89. The summed E-state index contributed by atoms with van der Waals surface area (Å²) in [5.41, 5.74) is -0.0330. The first kappa shape index (κ1) is 14.5. The minimum absolute atomic E-state index is 0.0510. The van der Waals surface area contributed by atoms with Gasteiger partial charge in [0.15, 0.2) is 17.5 Å². The second-order valence-corrected chi connectivity index (χ2v) is 5.97. The van der Waals surface area contributed by atoms with Gasteiger partial charge in [0.2, 0.25) is 5.78 Å². The lowest BCUT2D eigenvalue weighted by molar-refractivity contribution is -0.137. The van der Waals surface area contributed by atoms with Gasteiger partial charge in [0.25, 0.3) is 0 Å². The first-order valence-corrected chi connectivity index (χ1v) is 7.74. The third kappa shape index (κ3) is 2.47. The van der Waals surface area contributed by atoms with E-state index in [1.165, 1.54) is 0 Å². The molecule has 1 unspecified atom stereocenters. The Morgan fingerprint density at radius 1 is 1.48 bits per heavy atom. The van der Waals surface area contributed by atoms with Crippen molar-refractivity contribution in [2.24, 2.45) is 4.99 Å². The van der Waals surface area contributed by atoms with Crippen molar-refractivity contribution in [2.75, 3.05) is 13.6 Å². The summed E-state index contributed by atoms with van der Waals surface area (Å²) in [6.45, 7) is 0.776. The average molecular weight is 307 g/mol. The number of carbonyl (C=O) groups is 1. The molecule has 0 radical (unpaired) electrons. The van der Waals surface area contributed by atoms with Gasteiger partial charge >= 0.3 is 0 Å². The van der Waals surface area contributed by atoms with Crippen LogP contribution in [0.3, 0.4) is 0 Å². The quantitative estimate of drug-likeness (QED) is 0.930. The van der Waals surface area contributed by atoms with Crippen molar-refractivity contribution in [3.8, 4) is 0 Å². The number of ketones is 1. The van der Waals surface area contributed by atoms with Crippen molar-refractivity contribution in [3.05, 3.63) is 34.9 Å². The molecular formula is C16H19ClN2O2. The molecule has 1 saturated carbocycles. The molecule has 1 aromatic carbocycles. The van der Waals surface area contributed by atoms with E-state index < -0.39 is 5.54 Å². The topological polar surface area (TPSA) is 50.7 Å². The van der Waals surface area contributed by atoms with Gasteiger partial charge in [-0.3, -0.25) is 4.79 Å². The van der Waals surface area contributed by atoms with Gasteiger partial charge < -0.3 is 10.1 Å². The van der Waals surface area contributed by atoms with Crippen molar-refractivity contribution >= 4 is 23.3 Å². The lowest BCUT2D eigenvalue weighted by Gasteiger charge is -2.41. The predicted molar refractivity (Wildman–Crippen MR) is 82.8 cm³/mol. The monoisotopic (exact) mass is 306 g/mol. The van der Waals surface area contributed by atoms with Crippen LogP contribution in [0, 0.1) is 0 Å². The van der Waals surface area contributed by atoms with E-state index in [0.717, 1.165) is 24.9 Å². The van der Waals surface area contributed by atoms with Gasteiger partial charge in [0, 0.05) is 23.6 Å². The minimum Gasteiger partial charge on any atom is -0.470 e. The third-order valence-corrected chi connectivity index (χ3v) is 4.54. The van der Waals surface area contributed by atoms with Gasteiger partial charge in [-0.25, -0.2) is 4.99 Å². The molecule has 0 amide bonds. The van der Waals surface area contributed by atoms with Crippen molar-refractivity contribution in [1.82, 2.24) is 5.32 Å². The van der Waals surface area contributed by atoms with E-state index in [2.05, 4.69) is 5.32 Å². The standard InChI is InChI=1S/C16H19ClN2O2/c1-18-10-8-14-19-16(11-5-2-3-6-12(11)17)9-4-7-13(21-14)15(16)20/h2-3,5-6,13,18H,4,7-10H2,1H3/t13-,16?/m0/s1. The number of hydrogen-bond donors (Lipinski definition) is 1. The van der Waals surface area contributed by atoms with Crippen LogP contribution in [0.5, 0.6) is 0 Å². The maximum Gasteiger partial charge on any atom is 0.205 e. The highest BCUT2D eigenvalue weighted by atomic mass is 35.5. The van der Waals surface area contributed by atoms with Crippen molar-refractivity contribution in [3.63, 3.8) is 0 Å². The number of ether oxygens (including phenoxy) is 1. The number of nitrogens with one attached hydrogen (secondary N) is 1. The lowest BCUT2D eigenvalue weighted by Crippen LogP contribution is -2.51. The van der Waals surface area contributed by atoms with Crippen LogP contribution in [0.4, 0.5) is 0 Å². The smallest absolute Gasteiger partial charge is 0.205 e. The number of benzene rings is 1. The molecule has 1 aromatic rings. The molecule has 1 aliphatic carbocycles. The molecule has 2 aliphatic rings. The molecule has 2 atom stereocenters. The average Bonchev–Trinajstić information content (AvgIpc) is 2.46. The highest BCUT2D eigenvalue weighted by molar-refractivity contribution is 6.32. The molecule has 0 saturated heterocycles. The van der Waals surface area contributed by atoms with Crippen LogP contribution in [-0.2, 0) is 15.1 Å². The van der Waals surface area contributed by atoms with Gasteiger partial charge in [0.1, 0.15) is 0 Å². The number of rotatable bonds is 4. The van der Waals surface area contributed by atoms with Gasteiger partial charge in [-0.15, -0.1) is 0 Å². The second kappa shape index (κ2) is 5.78. The fourth-order valence-corrected chi connectivity index (χ4v) is 3.45. The summed E-state index contributed by atoms with van der Waals surface area (Å²) >= 11 is 6.34. The number of aliphatic imine (C=N–C) groups is 1. The van der Waals surface area contributed by atoms with Crippen LogP contribution in [0.1, 0.15) is 31.2 Å². The molecule has 3 rings (SSSR count). The molecule has 1 heterocycles. The largest absolute Gasteiger partial charge is 0.470 e. The third-order valence-electron chi connectivity index (χ3n) is 4.21. The SMILES string of the molecule is CNCCC1=NC2(c3ccccc3Cl)CCC[C@H](O1)C2=O. The minimum atomic E-state index is -0.845. The summed E-state index contributed by atoms with van der Waals surface area (Å²) in [6, 6.07) is 7.51. The molecule has 2 bridgehead atoms. The first-order chi connectivity index (χ1) is 10.2. The van der Waals surface area contributed by atoms with Gasteiger partial charge in [-0.05, 0) is 32.4 Å². The van der Waals surface area contributed by atoms with Crippen molar-refractivity contribution < 1.29 is 9.53 Å². The number of fused-ring (bicyclic) bond motifs is 2. The van der Waals surface area contributed by atoms with Crippen LogP contribution in [0.15, 0.2) is 29.3 Å². The number of carbonyl (C=O) groups excluding carboxylic acids is 1. The number of nitrogens with zero attached hydrogens (tertiary/aromatic N) is 1. The zero-order valence-corrected chi connectivity index (χ0v) is 12.8. The van der Waals surface area contributed by atoms with Crippen LogP contribution >= 0.6 is 11.6 Å². The zero-order chi connectivity index (χ0) is 14.9. The zero-order valence-electron chi connectivity index (χ0n) is 12.1. The van der Waals surface area contributed by atoms with E-state index in [1.807, 2.05) is 31.3 Å². The Morgan fingerprint density at radius 3 is 3.05 bits per heavy atom. The van der Waals surface area contributed by atoms with E-state index in [9.17, 15) is 4.79 Å². The Balaban J connectivity index is 2.07. The first-order valence-electron chi connectivity index (χ1n) is 7.37. The Hall–Kier alpha value is -1.39. The Bertz CT molecular complexity index is 587. The maximum atomic E-state index is 12.8. The fraction of sp³-hybridized carbons (Fsp3) is 0.500. The van der Waals surface area contributed by atoms with E-state index in [4.69, 9.17) is 21.3 Å². The molecule has 0 aromatic heterocycles. The molecule has 0 spiro atoms. The Labute approximate surface area is 129 Å². The summed E-state index contributed by atoms with van der Waals surface area (Å²) < 4.78 is 5.78. The molecule has 5 heteroatoms.